The van der Waals surface area contributed by atoms with Crippen LogP contribution in [0.3, 0.4) is 0 Å². The topological polar surface area (TPSA) is 63.7 Å². The molecule has 1 atom stereocenters. The van der Waals surface area contributed by atoms with Crippen LogP contribution in [0.25, 0.3) is 0 Å². The summed E-state index contributed by atoms with van der Waals surface area (Å²) < 4.78 is 29.6. The molecule has 1 saturated heterocycles. The van der Waals surface area contributed by atoms with E-state index in [0.29, 0.717) is 30.0 Å². The number of ether oxygens (including phenoxy) is 1. The lowest BCUT2D eigenvalue weighted by Gasteiger charge is -2.30. The zero-order chi connectivity index (χ0) is 19.4. The zero-order valence-corrected chi connectivity index (χ0v) is 16.5. The molecule has 0 aliphatic carbocycles. The molecule has 6 heteroatoms. The summed E-state index contributed by atoms with van der Waals surface area (Å²) in [5.74, 6) is 1.58. The highest BCUT2D eigenvalue weighted by Crippen LogP contribution is 2.25. The number of hydrogen-bond acceptors (Lipinski definition) is 4. The number of nitrogens with zero attached hydrogens (tertiary/aromatic N) is 1. The van der Waals surface area contributed by atoms with Gasteiger partial charge in [-0.3, -0.25) is 4.79 Å². The van der Waals surface area contributed by atoms with Crippen LogP contribution in [0.2, 0.25) is 0 Å². The van der Waals surface area contributed by atoms with Crippen molar-refractivity contribution in [3.63, 3.8) is 0 Å². The van der Waals surface area contributed by atoms with Crippen LogP contribution in [0.4, 0.5) is 0 Å². The molecule has 0 N–H and O–H groups in total. The minimum atomic E-state index is -3.06. The fourth-order valence-electron chi connectivity index (χ4n) is 3.30. The Bertz CT molecular complexity index is 893. The Labute approximate surface area is 160 Å². The van der Waals surface area contributed by atoms with Crippen molar-refractivity contribution in [3.05, 3.63) is 60.2 Å². The Balaban J connectivity index is 1.82. The Morgan fingerprint density at radius 1 is 1.11 bits per heavy atom. The molecule has 5 nitrogen and oxygen atoms in total. The van der Waals surface area contributed by atoms with E-state index >= 15 is 0 Å². The van der Waals surface area contributed by atoms with Gasteiger partial charge in [-0.15, -0.1) is 0 Å². The van der Waals surface area contributed by atoms with Crippen LogP contribution in [0.5, 0.6) is 11.5 Å². The molecule has 3 rings (SSSR count). The van der Waals surface area contributed by atoms with Gasteiger partial charge < -0.3 is 9.64 Å². The van der Waals surface area contributed by atoms with Gasteiger partial charge in [-0.2, -0.15) is 0 Å². The summed E-state index contributed by atoms with van der Waals surface area (Å²) in [6, 6.07) is 16.2. The van der Waals surface area contributed by atoms with Gasteiger partial charge in [0.15, 0.2) is 9.84 Å². The van der Waals surface area contributed by atoms with Crippen LogP contribution in [0.15, 0.2) is 54.6 Å². The summed E-state index contributed by atoms with van der Waals surface area (Å²) >= 11 is 0. The van der Waals surface area contributed by atoms with Crippen LogP contribution < -0.4 is 4.74 Å². The van der Waals surface area contributed by atoms with Gasteiger partial charge in [-0.05, 0) is 42.7 Å². The van der Waals surface area contributed by atoms with Crippen molar-refractivity contribution >= 4 is 15.7 Å². The predicted octanol–water partition coefficient (Wildman–Crippen LogP) is 3.76. The molecule has 0 bridgehead atoms. The fourth-order valence-corrected chi connectivity index (χ4v) is 5.03. The molecule has 1 amide bonds. The van der Waals surface area contributed by atoms with Crippen molar-refractivity contribution in [2.45, 2.75) is 26.3 Å². The highest BCUT2D eigenvalue weighted by atomic mass is 32.2. The smallest absolute Gasteiger partial charge is 0.254 e. The maximum absolute atomic E-state index is 13.2. The van der Waals surface area contributed by atoms with Crippen LogP contribution in [0, 0.1) is 5.92 Å². The lowest BCUT2D eigenvalue weighted by atomic mass is 10.1. The molecule has 0 saturated carbocycles. The van der Waals surface area contributed by atoms with Gasteiger partial charge >= 0.3 is 0 Å². The van der Waals surface area contributed by atoms with Crippen molar-refractivity contribution < 1.29 is 17.9 Å². The molecule has 0 spiro atoms. The number of carbonyl (C=O) groups is 1. The minimum Gasteiger partial charge on any atom is -0.457 e. The second-order valence-corrected chi connectivity index (χ2v) is 9.58. The van der Waals surface area contributed by atoms with E-state index in [0.717, 1.165) is 0 Å². The summed E-state index contributed by atoms with van der Waals surface area (Å²) in [5, 5.41) is 0. The summed E-state index contributed by atoms with van der Waals surface area (Å²) in [6.45, 7) is 4.58. The van der Waals surface area contributed by atoms with E-state index in [2.05, 4.69) is 0 Å². The third-order valence-corrected chi connectivity index (χ3v) is 6.28. The average molecular weight is 388 g/mol. The SMILES string of the molecule is CC(C)CN(C(=O)c1cccc(Oc2ccccc2)c1)[C@@H]1CCS(=O)(=O)C1. The molecule has 144 valence electrons. The molecule has 1 fully saturated rings. The van der Waals surface area contributed by atoms with Gasteiger partial charge in [0, 0.05) is 18.2 Å². The molecule has 1 aliphatic heterocycles. The summed E-state index contributed by atoms with van der Waals surface area (Å²) in [5.41, 5.74) is 0.508. The van der Waals surface area contributed by atoms with Crippen LogP contribution in [-0.4, -0.2) is 43.3 Å². The van der Waals surface area contributed by atoms with E-state index in [-0.39, 0.29) is 29.4 Å². The number of rotatable bonds is 6. The van der Waals surface area contributed by atoms with Gasteiger partial charge in [0.25, 0.3) is 5.91 Å². The summed E-state index contributed by atoms with van der Waals surface area (Å²) in [7, 11) is -3.06. The largest absolute Gasteiger partial charge is 0.457 e. The first-order valence-electron chi connectivity index (χ1n) is 9.18. The second-order valence-electron chi connectivity index (χ2n) is 7.35. The first-order chi connectivity index (χ1) is 12.8. The van der Waals surface area contributed by atoms with Gasteiger partial charge in [0.05, 0.1) is 11.5 Å². The normalized spacial score (nSPS) is 18.4. The molecular weight excluding hydrogens is 362 g/mol. The quantitative estimate of drug-likeness (QED) is 0.757. The first-order valence-corrected chi connectivity index (χ1v) is 11.0. The maximum atomic E-state index is 13.2. The number of hydrogen-bond donors (Lipinski definition) is 0. The predicted molar refractivity (Wildman–Crippen MR) is 106 cm³/mol. The highest BCUT2D eigenvalue weighted by Gasteiger charge is 2.35. The molecule has 2 aromatic carbocycles. The van der Waals surface area contributed by atoms with E-state index in [1.807, 2.05) is 44.2 Å². The van der Waals surface area contributed by atoms with E-state index in [4.69, 9.17) is 4.74 Å². The first kappa shape index (κ1) is 19.4. The third-order valence-electron chi connectivity index (χ3n) is 4.53. The van der Waals surface area contributed by atoms with Gasteiger partial charge in [-0.1, -0.05) is 38.1 Å². The van der Waals surface area contributed by atoms with Crippen molar-refractivity contribution in [3.8, 4) is 11.5 Å². The Morgan fingerprint density at radius 2 is 1.81 bits per heavy atom. The molecule has 1 heterocycles. The van der Waals surface area contributed by atoms with Crippen molar-refractivity contribution in [1.29, 1.82) is 0 Å². The number of para-hydroxylation sites is 1. The number of sulfone groups is 1. The number of benzene rings is 2. The fraction of sp³-hybridized carbons (Fsp3) is 0.381. The molecule has 2 aromatic rings. The van der Waals surface area contributed by atoms with Crippen LogP contribution in [-0.2, 0) is 9.84 Å². The maximum Gasteiger partial charge on any atom is 0.254 e. The second kappa shape index (κ2) is 8.13. The monoisotopic (exact) mass is 387 g/mol. The van der Waals surface area contributed by atoms with E-state index in [9.17, 15) is 13.2 Å². The highest BCUT2D eigenvalue weighted by molar-refractivity contribution is 7.91. The Morgan fingerprint density at radius 3 is 2.44 bits per heavy atom. The average Bonchev–Trinajstić information content (AvgIpc) is 3.00. The number of amides is 1. The molecule has 0 aromatic heterocycles. The van der Waals surface area contributed by atoms with E-state index in [1.54, 1.807) is 29.2 Å². The van der Waals surface area contributed by atoms with E-state index in [1.165, 1.54) is 0 Å². The van der Waals surface area contributed by atoms with Crippen LogP contribution >= 0.6 is 0 Å². The number of carbonyl (C=O) groups excluding carboxylic acids is 1. The summed E-state index contributed by atoms with van der Waals surface area (Å²) in [4.78, 5) is 14.9. The molecule has 0 unspecified atom stereocenters. The van der Waals surface area contributed by atoms with Gasteiger partial charge in [0.1, 0.15) is 11.5 Å². The summed E-state index contributed by atoms with van der Waals surface area (Å²) in [6.07, 6.45) is 0.501. The molecular formula is C21H25NO4S. The van der Waals surface area contributed by atoms with Crippen LogP contribution in [0.1, 0.15) is 30.6 Å². The molecule has 1 aliphatic rings. The van der Waals surface area contributed by atoms with Crippen molar-refractivity contribution in [2.24, 2.45) is 5.92 Å². The standard InChI is InChI=1S/C21H25NO4S/c1-16(2)14-22(18-11-12-27(24,25)15-18)21(23)17-7-6-10-20(13-17)26-19-8-4-3-5-9-19/h3-10,13,16,18H,11-12,14-15H2,1-2H3/t18-/m1/s1. The molecule has 27 heavy (non-hydrogen) atoms. The van der Waals surface area contributed by atoms with Crippen molar-refractivity contribution in [1.82, 2.24) is 4.90 Å². The van der Waals surface area contributed by atoms with E-state index < -0.39 is 9.84 Å². The lowest BCUT2D eigenvalue weighted by Crippen LogP contribution is -2.43. The lowest BCUT2D eigenvalue weighted by molar-refractivity contribution is 0.0672. The van der Waals surface area contributed by atoms with Crippen molar-refractivity contribution in [2.75, 3.05) is 18.1 Å². The third kappa shape index (κ3) is 5.10. The minimum absolute atomic E-state index is 0.0473. The molecule has 0 radical (unpaired) electrons. The Hall–Kier alpha value is -2.34. The zero-order valence-electron chi connectivity index (χ0n) is 15.7. The van der Waals surface area contributed by atoms with Gasteiger partial charge in [0.2, 0.25) is 0 Å². The van der Waals surface area contributed by atoms with Gasteiger partial charge in [-0.25, -0.2) is 8.42 Å². The Kier molecular flexibility index (Phi) is 5.85.